The Morgan fingerprint density at radius 2 is 1.95 bits per heavy atom. The van der Waals surface area contributed by atoms with Crippen LogP contribution in [-0.2, 0) is 16.5 Å². The zero-order valence-electron chi connectivity index (χ0n) is 23.6. The van der Waals surface area contributed by atoms with Gasteiger partial charge in [0.1, 0.15) is 12.3 Å². The SMILES string of the molecule is COCCN(C)C(=O)c1cc(Nc2ncc3cc(-c4c(Cl)cccc4Cl)c(=O)n(OCC4CCOCC4)c3n2)cn1C. The van der Waals surface area contributed by atoms with Crippen LogP contribution in [0.5, 0.6) is 0 Å². The molecule has 0 bridgehead atoms. The second-order valence-electron chi connectivity index (χ2n) is 10.1. The molecule has 1 N–H and O–H groups in total. The van der Waals surface area contributed by atoms with Gasteiger partial charge in [-0.15, -0.1) is 4.73 Å². The lowest BCUT2D eigenvalue weighted by atomic mass is 10.0. The number of pyridine rings is 1. The molecule has 13 heteroatoms. The van der Waals surface area contributed by atoms with Gasteiger partial charge in [0.05, 0.1) is 27.9 Å². The molecule has 4 heterocycles. The number of methoxy groups -OCH3 is 1. The van der Waals surface area contributed by atoms with E-state index in [9.17, 15) is 9.59 Å². The first kappa shape index (κ1) is 29.8. The van der Waals surface area contributed by atoms with Crippen molar-refractivity contribution >= 4 is 51.8 Å². The molecule has 0 spiro atoms. The number of amides is 1. The van der Waals surface area contributed by atoms with Crippen molar-refractivity contribution in [2.45, 2.75) is 12.8 Å². The quantitative estimate of drug-likeness (QED) is 0.279. The number of benzene rings is 1. The van der Waals surface area contributed by atoms with Gasteiger partial charge in [0.15, 0.2) is 5.65 Å². The summed E-state index contributed by atoms with van der Waals surface area (Å²) in [6.07, 6.45) is 5.03. The van der Waals surface area contributed by atoms with Gasteiger partial charge in [-0.05, 0) is 43.0 Å². The Labute approximate surface area is 252 Å². The molecule has 11 nitrogen and oxygen atoms in total. The van der Waals surface area contributed by atoms with Crippen molar-refractivity contribution in [2.24, 2.45) is 13.0 Å². The zero-order chi connectivity index (χ0) is 29.8. The number of aromatic nitrogens is 4. The maximum absolute atomic E-state index is 13.9. The highest BCUT2D eigenvalue weighted by Gasteiger charge is 2.21. The molecule has 0 unspecified atom stereocenters. The van der Waals surface area contributed by atoms with Crippen LogP contribution in [0, 0.1) is 5.92 Å². The maximum Gasteiger partial charge on any atom is 0.293 e. The Balaban J connectivity index is 1.51. The monoisotopic (exact) mass is 614 g/mol. The van der Waals surface area contributed by atoms with Crippen molar-refractivity contribution < 1.29 is 19.1 Å². The molecule has 42 heavy (non-hydrogen) atoms. The van der Waals surface area contributed by atoms with Gasteiger partial charge in [-0.2, -0.15) is 4.98 Å². The Morgan fingerprint density at radius 3 is 2.67 bits per heavy atom. The third kappa shape index (κ3) is 6.39. The predicted molar refractivity (Wildman–Crippen MR) is 162 cm³/mol. The number of carbonyl (C=O) groups excluding carboxylic acids is 1. The fourth-order valence-electron chi connectivity index (χ4n) is 4.78. The maximum atomic E-state index is 13.9. The fraction of sp³-hybridized carbons (Fsp3) is 0.379. The molecule has 4 aromatic rings. The Bertz CT molecular complexity index is 1630. The van der Waals surface area contributed by atoms with Gasteiger partial charge in [0.2, 0.25) is 5.95 Å². The molecule has 1 aliphatic rings. The van der Waals surface area contributed by atoms with E-state index >= 15 is 0 Å². The average Bonchev–Trinajstić information content (AvgIpc) is 3.35. The number of fused-ring (bicyclic) bond motifs is 1. The van der Waals surface area contributed by atoms with Crippen molar-refractivity contribution in [1.29, 1.82) is 0 Å². The summed E-state index contributed by atoms with van der Waals surface area (Å²) in [4.78, 5) is 43.6. The van der Waals surface area contributed by atoms with Crippen molar-refractivity contribution in [3.8, 4) is 11.1 Å². The summed E-state index contributed by atoms with van der Waals surface area (Å²) >= 11 is 12.9. The zero-order valence-corrected chi connectivity index (χ0v) is 25.1. The van der Waals surface area contributed by atoms with Crippen LogP contribution in [0.1, 0.15) is 23.3 Å². The number of likely N-dealkylation sites (N-methyl/N-ethyl adjacent to an activating group) is 1. The second kappa shape index (κ2) is 13.1. The highest BCUT2D eigenvalue weighted by Crippen LogP contribution is 2.34. The number of halogens is 2. The summed E-state index contributed by atoms with van der Waals surface area (Å²) < 4.78 is 13.5. The highest BCUT2D eigenvalue weighted by atomic mass is 35.5. The summed E-state index contributed by atoms with van der Waals surface area (Å²) in [5, 5.41) is 4.39. The van der Waals surface area contributed by atoms with Crippen LogP contribution < -0.4 is 15.7 Å². The Kier molecular flexibility index (Phi) is 9.32. The number of nitrogens with one attached hydrogen (secondary N) is 1. The summed E-state index contributed by atoms with van der Waals surface area (Å²) in [5.41, 5.74) is 1.61. The van der Waals surface area contributed by atoms with Gasteiger partial charge < -0.3 is 29.1 Å². The smallest absolute Gasteiger partial charge is 0.293 e. The molecule has 0 aliphatic carbocycles. The first-order valence-corrected chi connectivity index (χ1v) is 14.3. The van der Waals surface area contributed by atoms with E-state index in [2.05, 4.69) is 15.3 Å². The van der Waals surface area contributed by atoms with E-state index in [1.165, 1.54) is 4.73 Å². The van der Waals surface area contributed by atoms with Crippen LogP contribution in [0.2, 0.25) is 10.0 Å². The lowest BCUT2D eigenvalue weighted by Gasteiger charge is -2.23. The van der Waals surface area contributed by atoms with Crippen LogP contribution >= 0.6 is 23.2 Å². The van der Waals surface area contributed by atoms with E-state index in [0.717, 1.165) is 12.8 Å². The molecule has 222 valence electrons. The summed E-state index contributed by atoms with van der Waals surface area (Å²) in [5.74, 6) is 0.310. The summed E-state index contributed by atoms with van der Waals surface area (Å²) in [6, 6.07) is 8.46. The summed E-state index contributed by atoms with van der Waals surface area (Å²) in [7, 11) is 5.10. The minimum atomic E-state index is -0.444. The number of ether oxygens (including phenoxy) is 2. The van der Waals surface area contributed by atoms with E-state index in [0.29, 0.717) is 65.3 Å². The molecule has 1 amide bonds. The molecule has 1 aliphatic heterocycles. The van der Waals surface area contributed by atoms with E-state index in [4.69, 9.17) is 37.5 Å². The normalized spacial score (nSPS) is 13.8. The fourth-order valence-corrected chi connectivity index (χ4v) is 5.38. The minimum Gasteiger partial charge on any atom is -0.408 e. The number of hydrogen-bond donors (Lipinski definition) is 1. The predicted octanol–water partition coefficient (Wildman–Crippen LogP) is 4.42. The molecule has 1 fully saturated rings. The van der Waals surface area contributed by atoms with E-state index < -0.39 is 5.56 Å². The molecule has 0 atom stereocenters. The van der Waals surface area contributed by atoms with Gasteiger partial charge in [0, 0.05) is 64.3 Å². The molecule has 3 aromatic heterocycles. The average molecular weight is 616 g/mol. The number of aryl methyl sites for hydroxylation is 1. The molecule has 0 radical (unpaired) electrons. The molecule has 1 aromatic carbocycles. The molecular weight excluding hydrogens is 583 g/mol. The van der Waals surface area contributed by atoms with Crippen LogP contribution in [0.3, 0.4) is 0 Å². The van der Waals surface area contributed by atoms with Gasteiger partial charge in [-0.25, -0.2) is 4.98 Å². The van der Waals surface area contributed by atoms with Crippen molar-refractivity contribution in [3.63, 3.8) is 0 Å². The number of hydrogen-bond acceptors (Lipinski definition) is 8. The van der Waals surface area contributed by atoms with Crippen LogP contribution in [0.15, 0.2) is 47.5 Å². The lowest BCUT2D eigenvalue weighted by Crippen LogP contribution is -2.33. The van der Waals surface area contributed by atoms with Crippen LogP contribution in [-0.4, -0.2) is 77.2 Å². The van der Waals surface area contributed by atoms with Gasteiger partial charge in [-0.3, -0.25) is 9.59 Å². The van der Waals surface area contributed by atoms with E-state index in [1.807, 2.05) is 0 Å². The first-order valence-electron chi connectivity index (χ1n) is 13.5. The molecular formula is C29H32Cl2N6O5. The number of rotatable bonds is 10. The second-order valence-corrected chi connectivity index (χ2v) is 11.0. The first-order chi connectivity index (χ1) is 20.3. The molecule has 1 saturated heterocycles. The van der Waals surface area contributed by atoms with E-state index in [-0.39, 0.29) is 29.0 Å². The Hall–Kier alpha value is -3.64. The number of anilines is 2. The topological polar surface area (TPSA) is 113 Å². The minimum absolute atomic E-state index is 0.150. The van der Waals surface area contributed by atoms with Gasteiger partial charge in [0.25, 0.3) is 11.5 Å². The van der Waals surface area contributed by atoms with Crippen molar-refractivity contribution in [3.05, 3.63) is 68.8 Å². The standard InChI is InChI=1S/C29H32Cl2N6O5/c1-35(9-12-40-3)28(39)24-14-20(16-36(24)2)33-29-32-15-19-13-21(25-22(30)5-4-6-23(25)31)27(38)37(26(19)34-29)42-17-18-7-10-41-11-8-18/h4-6,13-16,18H,7-12,17H2,1-3H3,(H,32,33,34). The van der Waals surface area contributed by atoms with Gasteiger partial charge >= 0.3 is 0 Å². The van der Waals surface area contributed by atoms with E-state index in [1.54, 1.807) is 73.4 Å². The van der Waals surface area contributed by atoms with Crippen molar-refractivity contribution in [2.75, 3.05) is 52.4 Å². The van der Waals surface area contributed by atoms with Crippen molar-refractivity contribution in [1.82, 2.24) is 24.2 Å². The molecule has 5 rings (SSSR count). The number of nitrogens with zero attached hydrogens (tertiary/aromatic N) is 5. The lowest BCUT2D eigenvalue weighted by molar-refractivity contribution is 0.0153. The van der Waals surface area contributed by atoms with Gasteiger partial charge in [-0.1, -0.05) is 29.3 Å². The van der Waals surface area contributed by atoms with Crippen LogP contribution in [0.4, 0.5) is 11.6 Å². The third-order valence-electron chi connectivity index (χ3n) is 7.17. The largest absolute Gasteiger partial charge is 0.408 e. The highest BCUT2D eigenvalue weighted by molar-refractivity contribution is 6.39. The summed E-state index contributed by atoms with van der Waals surface area (Å²) in [6.45, 7) is 2.51. The third-order valence-corrected chi connectivity index (χ3v) is 7.80. The molecule has 0 saturated carbocycles. The number of carbonyl (C=O) groups is 1. The Morgan fingerprint density at radius 1 is 1.21 bits per heavy atom. The van der Waals surface area contributed by atoms with Crippen LogP contribution in [0.25, 0.3) is 22.2 Å².